The number of nitrogens with one attached hydrogen (secondary N) is 2. The van der Waals surface area contributed by atoms with Gasteiger partial charge in [0.15, 0.2) is 11.5 Å². The Balaban J connectivity index is 1.52. The average Bonchev–Trinajstić information content (AvgIpc) is 3.43. The second-order valence-electron chi connectivity index (χ2n) is 7.35. The van der Waals surface area contributed by atoms with E-state index in [1.165, 1.54) is 6.07 Å². The second-order valence-corrected chi connectivity index (χ2v) is 7.35. The van der Waals surface area contributed by atoms with Crippen LogP contribution in [-0.4, -0.2) is 35.1 Å². The summed E-state index contributed by atoms with van der Waals surface area (Å²) >= 11 is 0. The van der Waals surface area contributed by atoms with Gasteiger partial charge in [-0.1, -0.05) is 18.2 Å². The molecule has 154 valence electrons. The first-order valence-corrected chi connectivity index (χ1v) is 9.81. The maximum absolute atomic E-state index is 14.4. The maximum Gasteiger partial charge on any atom is 0.159 e. The molecule has 0 unspecified atom stereocenters. The van der Waals surface area contributed by atoms with E-state index in [-0.39, 0.29) is 5.82 Å². The van der Waals surface area contributed by atoms with Crippen molar-refractivity contribution in [3.8, 4) is 33.8 Å². The number of H-pyrrole nitrogens is 2. The van der Waals surface area contributed by atoms with Gasteiger partial charge in [0.25, 0.3) is 0 Å². The SMILES string of the molecule is Nc1cncc(-c2cnc3[nH]nc(-c4nc5c(-c6ccccc6F)cncc5[nH]4)c3c2)c1. The minimum absolute atomic E-state index is 0.332. The molecule has 5 heterocycles. The lowest BCUT2D eigenvalue weighted by molar-refractivity contribution is 0.631. The van der Waals surface area contributed by atoms with Crippen LogP contribution in [0.4, 0.5) is 10.1 Å². The van der Waals surface area contributed by atoms with E-state index in [0.29, 0.717) is 45.0 Å². The van der Waals surface area contributed by atoms with Crippen molar-refractivity contribution in [1.82, 2.24) is 35.1 Å². The third kappa shape index (κ3) is 2.87. The van der Waals surface area contributed by atoms with E-state index >= 15 is 0 Å². The van der Waals surface area contributed by atoms with Crippen LogP contribution in [0.3, 0.4) is 0 Å². The zero-order chi connectivity index (χ0) is 21.7. The molecule has 0 amide bonds. The van der Waals surface area contributed by atoms with Crippen LogP contribution in [0, 0.1) is 5.82 Å². The number of nitrogens with zero attached hydrogens (tertiary/aromatic N) is 5. The summed E-state index contributed by atoms with van der Waals surface area (Å²) < 4.78 is 14.4. The number of hydrogen-bond acceptors (Lipinski definition) is 6. The lowest BCUT2D eigenvalue weighted by Gasteiger charge is -2.03. The highest BCUT2D eigenvalue weighted by Crippen LogP contribution is 2.32. The summed E-state index contributed by atoms with van der Waals surface area (Å²) in [5, 5.41) is 8.14. The molecule has 6 aromatic rings. The van der Waals surface area contributed by atoms with Gasteiger partial charge in [-0.05, 0) is 18.2 Å². The Labute approximate surface area is 180 Å². The van der Waals surface area contributed by atoms with E-state index in [4.69, 9.17) is 10.7 Å². The molecule has 0 aliphatic rings. The van der Waals surface area contributed by atoms with Gasteiger partial charge in [0.1, 0.15) is 17.0 Å². The summed E-state index contributed by atoms with van der Waals surface area (Å²) in [5.74, 6) is 0.197. The number of nitrogens with two attached hydrogens (primary N) is 1. The quantitative estimate of drug-likeness (QED) is 0.390. The van der Waals surface area contributed by atoms with Gasteiger partial charge in [0.2, 0.25) is 0 Å². The van der Waals surface area contributed by atoms with Gasteiger partial charge in [-0.2, -0.15) is 5.10 Å². The third-order valence-electron chi connectivity index (χ3n) is 5.29. The summed E-state index contributed by atoms with van der Waals surface area (Å²) in [7, 11) is 0. The first-order valence-electron chi connectivity index (χ1n) is 9.81. The molecule has 6 rings (SSSR count). The smallest absolute Gasteiger partial charge is 0.159 e. The first-order chi connectivity index (χ1) is 15.7. The number of imidazole rings is 1. The van der Waals surface area contributed by atoms with Gasteiger partial charge in [-0.25, -0.2) is 14.4 Å². The number of hydrogen-bond donors (Lipinski definition) is 3. The topological polar surface area (TPSA) is 122 Å². The number of pyridine rings is 3. The molecular weight excluding hydrogens is 407 g/mol. The highest BCUT2D eigenvalue weighted by atomic mass is 19.1. The van der Waals surface area contributed by atoms with E-state index in [2.05, 4.69) is 30.1 Å². The van der Waals surface area contributed by atoms with Crippen molar-refractivity contribution in [3.63, 3.8) is 0 Å². The van der Waals surface area contributed by atoms with E-state index in [1.54, 1.807) is 49.2 Å². The minimum atomic E-state index is -0.332. The fourth-order valence-corrected chi connectivity index (χ4v) is 3.78. The lowest BCUT2D eigenvalue weighted by atomic mass is 10.1. The summed E-state index contributed by atoms with van der Waals surface area (Å²) in [6.07, 6.45) is 8.33. The van der Waals surface area contributed by atoms with E-state index in [1.807, 2.05) is 12.1 Å². The molecule has 0 aliphatic carbocycles. The Bertz CT molecular complexity index is 1620. The monoisotopic (exact) mass is 422 g/mol. The number of halogens is 1. The molecule has 5 aromatic heterocycles. The van der Waals surface area contributed by atoms with E-state index < -0.39 is 0 Å². The van der Waals surface area contributed by atoms with Crippen LogP contribution >= 0.6 is 0 Å². The molecule has 9 heteroatoms. The highest BCUT2D eigenvalue weighted by Gasteiger charge is 2.17. The number of fused-ring (bicyclic) bond motifs is 2. The first kappa shape index (κ1) is 18.1. The Morgan fingerprint density at radius 1 is 0.875 bits per heavy atom. The molecule has 1 aromatic carbocycles. The zero-order valence-electron chi connectivity index (χ0n) is 16.5. The zero-order valence-corrected chi connectivity index (χ0v) is 16.5. The lowest BCUT2D eigenvalue weighted by Crippen LogP contribution is -1.89. The minimum Gasteiger partial charge on any atom is -0.397 e. The number of anilines is 1. The largest absolute Gasteiger partial charge is 0.397 e. The summed E-state index contributed by atoms with van der Waals surface area (Å²) in [6.45, 7) is 0. The van der Waals surface area contributed by atoms with Gasteiger partial charge in [0.05, 0.1) is 22.8 Å². The van der Waals surface area contributed by atoms with E-state index in [0.717, 1.165) is 16.5 Å². The molecular formula is C23H15FN8. The Morgan fingerprint density at radius 3 is 2.59 bits per heavy atom. The number of aromatic nitrogens is 7. The van der Waals surface area contributed by atoms with Gasteiger partial charge < -0.3 is 10.7 Å². The predicted octanol–water partition coefficient (Wildman–Crippen LogP) is 4.35. The van der Waals surface area contributed by atoms with Crippen molar-refractivity contribution >= 4 is 27.8 Å². The van der Waals surface area contributed by atoms with Crippen LogP contribution in [0.5, 0.6) is 0 Å². The van der Waals surface area contributed by atoms with Gasteiger partial charge in [-0.3, -0.25) is 15.1 Å². The van der Waals surface area contributed by atoms with Crippen molar-refractivity contribution in [2.24, 2.45) is 0 Å². The highest BCUT2D eigenvalue weighted by molar-refractivity contribution is 5.96. The summed E-state index contributed by atoms with van der Waals surface area (Å²) in [4.78, 5) is 20.9. The van der Waals surface area contributed by atoms with Crippen molar-refractivity contribution in [1.29, 1.82) is 0 Å². The maximum atomic E-state index is 14.4. The van der Waals surface area contributed by atoms with Crippen LogP contribution in [0.1, 0.15) is 0 Å². The summed E-state index contributed by atoms with van der Waals surface area (Å²) in [5.41, 5.74) is 11.7. The third-order valence-corrected chi connectivity index (χ3v) is 5.29. The molecule has 0 radical (unpaired) electrons. The molecule has 0 fully saturated rings. The molecule has 0 atom stereocenters. The second kappa shape index (κ2) is 6.95. The van der Waals surface area contributed by atoms with E-state index in [9.17, 15) is 4.39 Å². The van der Waals surface area contributed by atoms with Crippen molar-refractivity contribution in [2.75, 3.05) is 5.73 Å². The number of aromatic amines is 2. The Kier molecular flexibility index (Phi) is 3.94. The molecule has 0 spiro atoms. The van der Waals surface area contributed by atoms with Crippen LogP contribution < -0.4 is 5.73 Å². The molecule has 4 N–H and O–H groups in total. The summed E-state index contributed by atoms with van der Waals surface area (Å²) in [6, 6.07) is 10.4. The fraction of sp³-hybridized carbons (Fsp3) is 0. The van der Waals surface area contributed by atoms with Crippen LogP contribution in [-0.2, 0) is 0 Å². The molecule has 0 aliphatic heterocycles. The van der Waals surface area contributed by atoms with Crippen molar-refractivity contribution in [3.05, 3.63) is 73.2 Å². The Hall–Kier alpha value is -4.66. The number of rotatable bonds is 3. The number of nitrogen functional groups attached to an aromatic ring is 1. The van der Waals surface area contributed by atoms with Gasteiger partial charge in [-0.15, -0.1) is 0 Å². The van der Waals surface area contributed by atoms with Gasteiger partial charge >= 0.3 is 0 Å². The molecule has 0 saturated carbocycles. The standard InChI is InChI=1S/C23H15FN8/c24-18-4-2-1-3-15(18)17-10-27-11-19-20(17)30-23(29-19)21-16-6-13(8-28-22(16)32-31-21)12-5-14(25)9-26-7-12/h1-11H,25H2,(H,29,30)(H,28,31,32). The Morgan fingerprint density at radius 2 is 1.72 bits per heavy atom. The van der Waals surface area contributed by atoms with Crippen LogP contribution in [0.2, 0.25) is 0 Å². The van der Waals surface area contributed by atoms with Crippen LogP contribution in [0.15, 0.2) is 67.4 Å². The normalized spacial score (nSPS) is 11.4. The van der Waals surface area contributed by atoms with Crippen LogP contribution in [0.25, 0.3) is 55.8 Å². The fourth-order valence-electron chi connectivity index (χ4n) is 3.78. The van der Waals surface area contributed by atoms with Gasteiger partial charge in [0, 0.05) is 47.0 Å². The molecule has 8 nitrogen and oxygen atoms in total. The number of benzene rings is 1. The molecule has 0 saturated heterocycles. The van der Waals surface area contributed by atoms with Crippen molar-refractivity contribution < 1.29 is 4.39 Å². The molecule has 32 heavy (non-hydrogen) atoms. The predicted molar refractivity (Wildman–Crippen MR) is 120 cm³/mol. The average molecular weight is 422 g/mol. The van der Waals surface area contributed by atoms with Crippen molar-refractivity contribution in [2.45, 2.75) is 0 Å². The molecule has 0 bridgehead atoms.